The number of aromatic nitrogens is 3. The van der Waals surface area contributed by atoms with Crippen LogP contribution in [0.5, 0.6) is 11.8 Å². The summed E-state index contributed by atoms with van der Waals surface area (Å²) in [7, 11) is 1.84. The van der Waals surface area contributed by atoms with Crippen LogP contribution in [0.3, 0.4) is 0 Å². The average Bonchev–Trinajstić information content (AvgIpc) is 3.88. The minimum Gasteiger partial charge on any atom is -0.508 e. The van der Waals surface area contributed by atoms with Crippen LogP contribution >= 0.6 is 0 Å². The summed E-state index contributed by atoms with van der Waals surface area (Å²) in [5, 5.41) is 15.5. The lowest BCUT2D eigenvalue weighted by Gasteiger charge is -2.44. The first kappa shape index (κ1) is 42.0. The Kier molecular flexibility index (Phi) is 12.9. The molecule has 4 atom stereocenters. The molecular weight excluding hydrogens is 729 g/mol. The number of likely N-dealkylation sites (N-methyl/N-ethyl adjacent to an activating group) is 1. The average molecular weight is 786 g/mol. The van der Waals surface area contributed by atoms with Gasteiger partial charge in [0.1, 0.15) is 35.2 Å². The molecule has 2 aromatic carbocycles. The minimum absolute atomic E-state index is 0.00583. The van der Waals surface area contributed by atoms with E-state index in [1.165, 1.54) is 30.5 Å². The number of anilines is 1. The van der Waals surface area contributed by atoms with Crippen molar-refractivity contribution in [1.82, 2.24) is 30.1 Å². The topological polar surface area (TPSA) is 116 Å². The van der Waals surface area contributed by atoms with E-state index in [0.29, 0.717) is 55.9 Å². The van der Waals surface area contributed by atoms with Crippen LogP contribution in [0.15, 0.2) is 30.5 Å². The number of amides is 1. The summed E-state index contributed by atoms with van der Waals surface area (Å²) in [4.78, 5) is 33.8. The van der Waals surface area contributed by atoms with Gasteiger partial charge in [0.25, 0.3) is 0 Å². The molecule has 2 aromatic heterocycles. The number of nitrogens with zero attached hydrogens (tertiary/aromatic N) is 6. The van der Waals surface area contributed by atoms with Crippen LogP contribution in [0.25, 0.3) is 32.9 Å². The first-order valence-corrected chi connectivity index (χ1v) is 20.7. The fourth-order valence-electron chi connectivity index (χ4n) is 9.41. The van der Waals surface area contributed by atoms with Crippen LogP contribution in [0.1, 0.15) is 85.6 Å². The van der Waals surface area contributed by atoms with Crippen molar-refractivity contribution in [3.05, 3.63) is 47.7 Å². The van der Waals surface area contributed by atoms with E-state index in [4.69, 9.17) is 20.9 Å². The molecule has 2 spiro atoms. The van der Waals surface area contributed by atoms with Gasteiger partial charge in [-0.25, -0.2) is 8.78 Å². The van der Waals surface area contributed by atoms with E-state index < -0.39 is 17.2 Å². The minimum atomic E-state index is -0.765. The molecule has 11 nitrogen and oxygen atoms in total. The highest BCUT2D eigenvalue weighted by Crippen LogP contribution is 2.43. The van der Waals surface area contributed by atoms with E-state index in [1.54, 1.807) is 4.90 Å². The molecule has 2 N–H and O–H groups in total. The number of fused-ring (bicyclic) bond motifs is 9. The lowest BCUT2D eigenvalue weighted by molar-refractivity contribution is -0.132. The van der Waals surface area contributed by atoms with Gasteiger partial charge in [0.2, 0.25) is 5.91 Å². The fraction of sp³-hybridized carbons (Fsp3) is 0.545. The second kappa shape index (κ2) is 17.5. The molecule has 0 radical (unpaired) electrons. The quantitative estimate of drug-likeness (QED) is 0.194. The van der Waals surface area contributed by atoms with Gasteiger partial charge in [-0.2, -0.15) is 9.97 Å². The second-order valence-electron chi connectivity index (χ2n) is 15.0. The van der Waals surface area contributed by atoms with Crippen molar-refractivity contribution in [1.29, 1.82) is 0 Å². The van der Waals surface area contributed by atoms with Gasteiger partial charge in [-0.15, -0.1) is 6.42 Å². The maximum absolute atomic E-state index is 17.1. The van der Waals surface area contributed by atoms with Crippen molar-refractivity contribution in [2.45, 2.75) is 103 Å². The molecule has 13 heteroatoms. The molecule has 57 heavy (non-hydrogen) atoms. The summed E-state index contributed by atoms with van der Waals surface area (Å²) < 4.78 is 44.8. The number of aromatic hydroxyl groups is 1. The predicted molar refractivity (Wildman–Crippen MR) is 221 cm³/mol. The molecule has 4 aromatic rings. The maximum atomic E-state index is 17.1. The maximum Gasteiger partial charge on any atom is 0.319 e. The lowest BCUT2D eigenvalue weighted by atomic mass is 9.94. The third-order valence-electron chi connectivity index (χ3n) is 11.7. The number of halogens is 2. The van der Waals surface area contributed by atoms with Crippen LogP contribution in [0, 0.1) is 24.0 Å². The number of carbonyl (C=O) groups is 1. The molecule has 0 saturated carbocycles. The summed E-state index contributed by atoms with van der Waals surface area (Å²) in [5.41, 5.74) is -0.723. The SMILES string of the molecule is C#Cc1c(F)ccc2cc(O)cc(-c3ncc4c5nc(nc4c3F)OCC34CCCN3CC(C4)OCCC(=O)N(C)C[C@]34CC[C@H](CN5C3)N4)c12.CC.CC.CC. The molecule has 4 saturated heterocycles. The summed E-state index contributed by atoms with van der Waals surface area (Å²) in [6, 6.07) is 5.69. The van der Waals surface area contributed by atoms with Crippen LogP contribution in [-0.2, 0) is 9.53 Å². The number of pyridine rings is 1. The van der Waals surface area contributed by atoms with E-state index >= 15 is 4.39 Å². The van der Waals surface area contributed by atoms with Gasteiger partial charge in [-0.3, -0.25) is 14.7 Å². The Bertz CT molecular complexity index is 2150. The molecule has 7 bridgehead atoms. The van der Waals surface area contributed by atoms with Crippen LogP contribution < -0.4 is 15.0 Å². The zero-order chi connectivity index (χ0) is 41.1. The Labute approximate surface area is 335 Å². The fourth-order valence-corrected chi connectivity index (χ4v) is 9.41. The van der Waals surface area contributed by atoms with Crippen molar-refractivity contribution in [3.63, 3.8) is 0 Å². The number of rotatable bonds is 1. The molecule has 0 aliphatic carbocycles. The van der Waals surface area contributed by atoms with Gasteiger partial charge in [0, 0.05) is 56.4 Å². The Morgan fingerprint density at radius 2 is 1.84 bits per heavy atom. The zero-order valence-electron chi connectivity index (χ0n) is 34.4. The first-order chi connectivity index (χ1) is 27.6. The van der Waals surface area contributed by atoms with Crippen molar-refractivity contribution >= 4 is 33.4 Å². The van der Waals surface area contributed by atoms with Gasteiger partial charge < -0.3 is 29.7 Å². The number of phenols is 1. The van der Waals surface area contributed by atoms with Crippen molar-refractivity contribution in [3.8, 4) is 35.4 Å². The normalized spacial score (nSPS) is 25.5. The highest BCUT2D eigenvalue weighted by molar-refractivity contribution is 6.03. The van der Waals surface area contributed by atoms with Gasteiger partial charge in [-0.1, -0.05) is 53.5 Å². The highest BCUT2D eigenvalue weighted by Gasteiger charge is 2.50. The number of benzene rings is 2. The smallest absolute Gasteiger partial charge is 0.319 e. The van der Waals surface area contributed by atoms with E-state index in [1.807, 2.05) is 48.6 Å². The summed E-state index contributed by atoms with van der Waals surface area (Å²) in [6.07, 6.45) is 12.0. The Hall–Kier alpha value is -4.64. The number of ether oxygens (including phenoxy) is 2. The number of nitrogens with one attached hydrogen (secondary N) is 1. The van der Waals surface area contributed by atoms with Gasteiger partial charge in [-0.05, 0) is 62.2 Å². The molecular formula is C44H57F2N7O4. The molecule has 7 heterocycles. The number of phenolic OH excluding ortho intramolecular Hbond substituents is 1. The van der Waals surface area contributed by atoms with Gasteiger partial charge in [0.05, 0.1) is 41.2 Å². The van der Waals surface area contributed by atoms with Crippen LogP contribution in [0.2, 0.25) is 0 Å². The van der Waals surface area contributed by atoms with Gasteiger partial charge in [0.15, 0.2) is 5.82 Å². The predicted octanol–water partition coefficient (Wildman–Crippen LogP) is 7.06. The molecule has 5 aliphatic heterocycles. The van der Waals surface area contributed by atoms with Crippen molar-refractivity contribution < 1.29 is 28.2 Å². The number of piperazine rings is 1. The summed E-state index contributed by atoms with van der Waals surface area (Å²) in [5.74, 6) is 1.38. The lowest BCUT2D eigenvalue weighted by Crippen LogP contribution is -2.64. The second-order valence-corrected chi connectivity index (χ2v) is 15.0. The molecule has 9 rings (SSSR count). The van der Waals surface area contributed by atoms with Crippen molar-refractivity contribution in [2.24, 2.45) is 0 Å². The third kappa shape index (κ3) is 7.84. The summed E-state index contributed by atoms with van der Waals surface area (Å²) in [6.45, 7) is 16.0. The Balaban J connectivity index is 0.000000876. The summed E-state index contributed by atoms with van der Waals surface area (Å²) >= 11 is 0. The van der Waals surface area contributed by atoms with Crippen LogP contribution in [0.4, 0.5) is 14.6 Å². The monoisotopic (exact) mass is 785 g/mol. The molecule has 306 valence electrons. The van der Waals surface area contributed by atoms with E-state index in [9.17, 15) is 14.3 Å². The largest absolute Gasteiger partial charge is 0.508 e. The number of hydrogen-bond acceptors (Lipinski definition) is 10. The molecule has 4 fully saturated rings. The van der Waals surface area contributed by atoms with Gasteiger partial charge >= 0.3 is 6.01 Å². The number of carbonyl (C=O) groups excluding carboxylic acids is 1. The number of hydrogen-bond donors (Lipinski definition) is 2. The molecule has 2 unspecified atom stereocenters. The zero-order valence-corrected chi connectivity index (χ0v) is 34.4. The molecule has 1 amide bonds. The van der Waals surface area contributed by atoms with Crippen LogP contribution in [-0.4, -0.2) is 112 Å². The number of terminal acetylenes is 1. The standard InChI is InChI=1S/C38H39F2N7O4.3C2H6/c1-3-26-29(39)6-5-22-13-24(48)14-27(31(22)26)33-32(40)34-28(16-41-33)35-43-36(42-34)51-21-38-9-4-11-47(38)18-25(15-38)50-12-8-30(49)45(2)19-37-10-7-23(44-37)17-46(35)20-37;3*1-2/h1,5-6,13-14,16,23,25,44,48H,4,7-12,15,17-21H2,2H3;3*1-2H3/t23-,25?,37-,38?;;;/m1.../s1. The third-order valence-corrected chi connectivity index (χ3v) is 11.7. The van der Waals surface area contributed by atoms with E-state index in [-0.39, 0.29) is 63.1 Å². The highest BCUT2D eigenvalue weighted by atomic mass is 19.1. The first-order valence-electron chi connectivity index (χ1n) is 20.7. The van der Waals surface area contributed by atoms with Crippen molar-refractivity contribution in [2.75, 3.05) is 57.9 Å². The molecule has 5 aliphatic rings. The van der Waals surface area contributed by atoms with E-state index in [2.05, 4.69) is 31.0 Å². The Morgan fingerprint density at radius 1 is 1.05 bits per heavy atom. The van der Waals surface area contributed by atoms with E-state index in [0.717, 1.165) is 45.2 Å². The Morgan fingerprint density at radius 3 is 2.61 bits per heavy atom.